The van der Waals surface area contributed by atoms with Crippen molar-refractivity contribution >= 4 is 0 Å². The van der Waals surface area contributed by atoms with Gasteiger partial charge in [-0.05, 0) is 12.8 Å². The van der Waals surface area contributed by atoms with Crippen LogP contribution in [0, 0.1) is 17.8 Å². The molecule has 0 aliphatic rings. The van der Waals surface area contributed by atoms with Gasteiger partial charge in [0.05, 0.1) is 6.07 Å². The zero-order valence-electron chi connectivity index (χ0n) is 4.22. The SMILES string of the molecule is C=CC[CH]CC#N. The lowest BCUT2D eigenvalue weighted by atomic mass is 10.2. The van der Waals surface area contributed by atoms with E-state index in [0.29, 0.717) is 6.42 Å². The van der Waals surface area contributed by atoms with Crippen molar-refractivity contribution in [2.75, 3.05) is 0 Å². The Morgan fingerprint density at radius 3 is 2.86 bits per heavy atom. The van der Waals surface area contributed by atoms with E-state index in [2.05, 4.69) is 6.58 Å². The summed E-state index contributed by atoms with van der Waals surface area (Å²) >= 11 is 0. The highest BCUT2D eigenvalue weighted by atomic mass is 14.2. The minimum Gasteiger partial charge on any atom is -0.198 e. The lowest BCUT2D eigenvalue weighted by Crippen LogP contribution is -1.66. The largest absolute Gasteiger partial charge is 0.198 e. The molecule has 0 saturated heterocycles. The van der Waals surface area contributed by atoms with Crippen LogP contribution in [-0.2, 0) is 0 Å². The van der Waals surface area contributed by atoms with Crippen molar-refractivity contribution in [1.82, 2.24) is 0 Å². The molecule has 0 spiro atoms. The van der Waals surface area contributed by atoms with Crippen LogP contribution >= 0.6 is 0 Å². The van der Waals surface area contributed by atoms with Crippen molar-refractivity contribution in [3.63, 3.8) is 0 Å². The van der Waals surface area contributed by atoms with Gasteiger partial charge in [0, 0.05) is 6.42 Å². The van der Waals surface area contributed by atoms with Gasteiger partial charge in [-0.25, -0.2) is 0 Å². The van der Waals surface area contributed by atoms with Gasteiger partial charge < -0.3 is 0 Å². The van der Waals surface area contributed by atoms with E-state index in [-0.39, 0.29) is 0 Å². The first kappa shape index (κ1) is 6.23. The molecule has 37 valence electrons. The minimum atomic E-state index is 0.534. The second kappa shape index (κ2) is 5.23. The summed E-state index contributed by atoms with van der Waals surface area (Å²) in [7, 11) is 0. The quantitative estimate of drug-likeness (QED) is 0.385. The Bertz CT molecular complexity index is 78.7. The van der Waals surface area contributed by atoms with Crippen LogP contribution in [0.2, 0.25) is 0 Å². The molecule has 0 N–H and O–H groups in total. The zero-order valence-corrected chi connectivity index (χ0v) is 4.22. The Morgan fingerprint density at radius 1 is 1.71 bits per heavy atom. The smallest absolute Gasteiger partial charge is 0.0624 e. The number of hydrogen-bond donors (Lipinski definition) is 0. The van der Waals surface area contributed by atoms with E-state index in [9.17, 15) is 0 Å². The summed E-state index contributed by atoms with van der Waals surface area (Å²) in [6.45, 7) is 3.49. The fourth-order valence-corrected chi connectivity index (χ4v) is 0.266. The molecular formula is C6H8N. The first-order valence-electron chi connectivity index (χ1n) is 2.21. The van der Waals surface area contributed by atoms with Gasteiger partial charge in [-0.15, -0.1) is 6.58 Å². The molecule has 0 atom stereocenters. The maximum absolute atomic E-state index is 7.98. The molecule has 0 bridgehead atoms. The Morgan fingerprint density at radius 2 is 2.43 bits per heavy atom. The predicted molar refractivity (Wildman–Crippen MR) is 29.3 cm³/mol. The van der Waals surface area contributed by atoms with Crippen LogP contribution in [0.25, 0.3) is 0 Å². The molecule has 0 aromatic carbocycles. The van der Waals surface area contributed by atoms with E-state index in [1.54, 1.807) is 6.08 Å². The molecule has 0 aromatic heterocycles. The third-order valence-corrected chi connectivity index (χ3v) is 0.569. The number of unbranched alkanes of at least 4 members (excludes halogenated alkanes) is 2. The van der Waals surface area contributed by atoms with Crippen molar-refractivity contribution in [2.24, 2.45) is 0 Å². The topological polar surface area (TPSA) is 23.8 Å². The molecule has 0 aliphatic carbocycles. The van der Waals surface area contributed by atoms with Crippen LogP contribution in [-0.4, -0.2) is 0 Å². The molecule has 0 rings (SSSR count). The first-order chi connectivity index (χ1) is 3.41. The lowest BCUT2D eigenvalue weighted by molar-refractivity contribution is 1.11. The van der Waals surface area contributed by atoms with E-state index in [0.717, 1.165) is 6.42 Å². The maximum atomic E-state index is 7.98. The second-order valence-corrected chi connectivity index (χ2v) is 1.18. The van der Waals surface area contributed by atoms with E-state index in [4.69, 9.17) is 5.26 Å². The average Bonchev–Trinajstić information content (AvgIpc) is 1.69. The monoisotopic (exact) mass is 94.1 g/mol. The van der Waals surface area contributed by atoms with E-state index < -0.39 is 0 Å². The molecule has 0 heterocycles. The van der Waals surface area contributed by atoms with Crippen molar-refractivity contribution in [2.45, 2.75) is 12.8 Å². The summed E-state index contributed by atoms with van der Waals surface area (Å²) in [5.74, 6) is 0. The zero-order chi connectivity index (χ0) is 5.54. The number of nitriles is 1. The predicted octanol–water partition coefficient (Wildman–Crippen LogP) is 1.68. The van der Waals surface area contributed by atoms with Gasteiger partial charge in [-0.1, -0.05) is 6.08 Å². The van der Waals surface area contributed by atoms with Crippen LogP contribution in [0.4, 0.5) is 0 Å². The Kier molecular flexibility index (Phi) is 4.65. The summed E-state index contributed by atoms with van der Waals surface area (Å²) in [6.07, 6.45) is 5.03. The van der Waals surface area contributed by atoms with Crippen LogP contribution in [0.5, 0.6) is 0 Å². The van der Waals surface area contributed by atoms with Crippen LogP contribution in [0.3, 0.4) is 0 Å². The minimum absolute atomic E-state index is 0.534. The molecule has 7 heavy (non-hydrogen) atoms. The molecule has 0 fully saturated rings. The average molecular weight is 94.1 g/mol. The number of hydrogen-bond acceptors (Lipinski definition) is 1. The molecular weight excluding hydrogens is 86.1 g/mol. The van der Waals surface area contributed by atoms with E-state index in [1.165, 1.54) is 0 Å². The van der Waals surface area contributed by atoms with Crippen molar-refractivity contribution in [1.29, 1.82) is 5.26 Å². The van der Waals surface area contributed by atoms with Gasteiger partial charge in [0.15, 0.2) is 0 Å². The Labute approximate surface area is 44.3 Å². The molecule has 0 aromatic rings. The van der Waals surface area contributed by atoms with Crippen molar-refractivity contribution in [3.05, 3.63) is 19.1 Å². The highest BCUT2D eigenvalue weighted by molar-refractivity contribution is 4.85. The number of nitrogens with zero attached hydrogens (tertiary/aromatic N) is 1. The normalized spacial score (nSPS) is 7.29. The van der Waals surface area contributed by atoms with Crippen molar-refractivity contribution < 1.29 is 0 Å². The van der Waals surface area contributed by atoms with E-state index in [1.807, 2.05) is 12.5 Å². The fourth-order valence-electron chi connectivity index (χ4n) is 0.266. The number of allylic oxidation sites excluding steroid dienone is 1. The second-order valence-electron chi connectivity index (χ2n) is 1.18. The highest BCUT2D eigenvalue weighted by Crippen LogP contribution is 1.89. The van der Waals surface area contributed by atoms with Gasteiger partial charge in [-0.3, -0.25) is 0 Å². The lowest BCUT2D eigenvalue weighted by Gasteiger charge is -1.79. The molecule has 0 saturated carbocycles. The molecule has 1 radical (unpaired) electrons. The summed E-state index contributed by atoms with van der Waals surface area (Å²) in [5, 5.41) is 7.98. The molecule has 1 nitrogen and oxygen atoms in total. The standard InChI is InChI=1S/C6H8N/c1-2-3-4-5-6-7/h2,4H,1,3,5H2. The van der Waals surface area contributed by atoms with Crippen LogP contribution < -0.4 is 0 Å². The van der Waals surface area contributed by atoms with Crippen LogP contribution in [0.15, 0.2) is 12.7 Å². The summed E-state index contributed by atoms with van der Waals surface area (Å²) in [6, 6.07) is 2.00. The highest BCUT2D eigenvalue weighted by Gasteiger charge is 1.77. The van der Waals surface area contributed by atoms with Gasteiger partial charge in [0.1, 0.15) is 0 Å². The van der Waals surface area contributed by atoms with Crippen molar-refractivity contribution in [3.8, 4) is 6.07 Å². The maximum Gasteiger partial charge on any atom is 0.0624 e. The van der Waals surface area contributed by atoms with Gasteiger partial charge in [0.25, 0.3) is 0 Å². The molecule has 1 heteroatoms. The first-order valence-corrected chi connectivity index (χ1v) is 2.21. The van der Waals surface area contributed by atoms with Gasteiger partial charge in [0.2, 0.25) is 0 Å². The molecule has 0 amide bonds. The third-order valence-electron chi connectivity index (χ3n) is 0.569. The fraction of sp³-hybridized carbons (Fsp3) is 0.333. The van der Waals surface area contributed by atoms with E-state index >= 15 is 0 Å². The van der Waals surface area contributed by atoms with Gasteiger partial charge in [-0.2, -0.15) is 5.26 Å². The Balaban J connectivity index is 2.72. The summed E-state index contributed by atoms with van der Waals surface area (Å²) in [5.41, 5.74) is 0. The third kappa shape index (κ3) is 5.23. The number of rotatable bonds is 3. The summed E-state index contributed by atoms with van der Waals surface area (Å²) < 4.78 is 0. The van der Waals surface area contributed by atoms with Crippen LogP contribution in [0.1, 0.15) is 12.8 Å². The van der Waals surface area contributed by atoms with Gasteiger partial charge >= 0.3 is 0 Å². The molecule has 0 aliphatic heterocycles. The summed E-state index contributed by atoms with van der Waals surface area (Å²) in [4.78, 5) is 0. The molecule has 0 unspecified atom stereocenters. The Hall–Kier alpha value is -0.770.